The Morgan fingerprint density at radius 3 is 2.73 bits per heavy atom. The van der Waals surface area contributed by atoms with Crippen molar-refractivity contribution in [3.8, 4) is 0 Å². The fraction of sp³-hybridized carbons (Fsp3) is 0.556. The summed E-state index contributed by atoms with van der Waals surface area (Å²) in [6.07, 6.45) is 12.1. The first-order valence-corrected chi connectivity index (χ1v) is 8.02. The number of carbonyl (C=O) groups excluding carboxylic acids is 1. The fourth-order valence-electron chi connectivity index (χ4n) is 2.49. The topological polar surface area (TPSA) is 74.6 Å². The number of carbonyl (C=O) groups is 2. The molecular weight excluding hydrogens is 280 g/mol. The Balaban J connectivity index is 2.28. The van der Waals surface area contributed by atoms with E-state index in [0.29, 0.717) is 19.3 Å². The van der Waals surface area contributed by atoms with Gasteiger partial charge in [0.1, 0.15) is 0 Å². The number of hydrogen-bond donors (Lipinski definition) is 2. The zero-order chi connectivity index (χ0) is 16.4. The van der Waals surface area contributed by atoms with E-state index in [1.807, 2.05) is 19.1 Å². The summed E-state index contributed by atoms with van der Waals surface area (Å²) in [7, 11) is 0. The largest absolute Gasteiger partial charge is 0.481 e. The Kier molecular flexibility index (Phi) is 8.44. The summed E-state index contributed by atoms with van der Waals surface area (Å²) in [5.74, 6) is -0.582. The van der Waals surface area contributed by atoms with Crippen LogP contribution < -0.4 is 0 Å². The van der Waals surface area contributed by atoms with Gasteiger partial charge in [-0.05, 0) is 38.5 Å². The van der Waals surface area contributed by atoms with Crippen molar-refractivity contribution in [2.75, 3.05) is 0 Å². The lowest BCUT2D eigenvalue weighted by atomic mass is 10.1. The minimum absolute atomic E-state index is 0.175. The number of rotatable bonds is 10. The van der Waals surface area contributed by atoms with Crippen LogP contribution >= 0.6 is 0 Å². The van der Waals surface area contributed by atoms with Crippen molar-refractivity contribution in [2.24, 2.45) is 0 Å². The maximum atomic E-state index is 11.7. The van der Waals surface area contributed by atoms with E-state index in [1.165, 1.54) is 5.57 Å². The van der Waals surface area contributed by atoms with Crippen LogP contribution in [0.25, 0.3) is 0 Å². The van der Waals surface area contributed by atoms with E-state index in [9.17, 15) is 14.7 Å². The molecule has 4 nitrogen and oxygen atoms in total. The second-order valence-corrected chi connectivity index (χ2v) is 5.57. The second-order valence-electron chi connectivity index (χ2n) is 5.57. The Labute approximate surface area is 132 Å². The lowest BCUT2D eigenvalue weighted by molar-refractivity contribution is -0.137. The van der Waals surface area contributed by atoms with Gasteiger partial charge >= 0.3 is 5.97 Å². The fourth-order valence-corrected chi connectivity index (χ4v) is 2.49. The zero-order valence-corrected chi connectivity index (χ0v) is 13.3. The maximum Gasteiger partial charge on any atom is 0.303 e. The molecule has 1 rings (SSSR count). The highest BCUT2D eigenvalue weighted by Crippen LogP contribution is 2.26. The minimum atomic E-state index is -0.758. The summed E-state index contributed by atoms with van der Waals surface area (Å²) >= 11 is 0. The second kappa shape index (κ2) is 10.1. The van der Waals surface area contributed by atoms with E-state index in [0.717, 1.165) is 31.3 Å². The van der Waals surface area contributed by atoms with Crippen LogP contribution in [0.4, 0.5) is 0 Å². The molecule has 0 amide bonds. The van der Waals surface area contributed by atoms with E-state index in [4.69, 9.17) is 5.11 Å². The van der Waals surface area contributed by atoms with Crippen LogP contribution in [0.15, 0.2) is 35.5 Å². The standard InChI is InChI=1S/C18H26O4/c1-2-14-10-13-17(20)16(14)12-11-15(19)8-6-4-3-5-7-9-18(21)22/h4,6,11-12,15,19H,2-3,5,7-10,13H2,1H3,(H,21,22)/b6-4-,12-11+/t15-/m1/s1. The monoisotopic (exact) mass is 306 g/mol. The Bertz CT molecular complexity index is 471. The third-order valence-electron chi connectivity index (χ3n) is 3.80. The van der Waals surface area contributed by atoms with Gasteiger partial charge in [-0.1, -0.05) is 36.8 Å². The van der Waals surface area contributed by atoms with Crippen molar-refractivity contribution < 1.29 is 19.8 Å². The number of aliphatic hydroxyl groups is 1. The summed E-state index contributed by atoms with van der Waals surface area (Å²) in [6.45, 7) is 2.05. The number of carboxylic acids is 1. The highest BCUT2D eigenvalue weighted by molar-refractivity contribution is 6.01. The first kappa shape index (κ1) is 18.4. The van der Waals surface area contributed by atoms with Crippen LogP contribution in [0.5, 0.6) is 0 Å². The molecule has 0 saturated carbocycles. The third-order valence-corrected chi connectivity index (χ3v) is 3.80. The molecule has 22 heavy (non-hydrogen) atoms. The number of unbranched alkanes of at least 4 members (excludes halogenated alkanes) is 2. The van der Waals surface area contributed by atoms with Gasteiger partial charge in [0.15, 0.2) is 5.78 Å². The van der Waals surface area contributed by atoms with Crippen LogP contribution in [0.2, 0.25) is 0 Å². The Hall–Kier alpha value is -1.68. The quantitative estimate of drug-likeness (QED) is 0.478. The summed E-state index contributed by atoms with van der Waals surface area (Å²) in [5.41, 5.74) is 1.96. The van der Waals surface area contributed by atoms with E-state index in [1.54, 1.807) is 12.2 Å². The van der Waals surface area contributed by atoms with Gasteiger partial charge in [0.05, 0.1) is 6.10 Å². The normalized spacial score (nSPS) is 17.1. The van der Waals surface area contributed by atoms with Gasteiger partial charge in [-0.3, -0.25) is 9.59 Å². The average molecular weight is 306 g/mol. The first-order valence-electron chi connectivity index (χ1n) is 8.02. The molecule has 2 N–H and O–H groups in total. The van der Waals surface area contributed by atoms with Crippen LogP contribution in [-0.4, -0.2) is 28.1 Å². The number of ketones is 1. The van der Waals surface area contributed by atoms with Gasteiger partial charge in [0, 0.05) is 18.4 Å². The molecule has 0 aliphatic heterocycles. The average Bonchev–Trinajstić information content (AvgIpc) is 2.84. The molecule has 1 atom stereocenters. The number of hydrogen-bond acceptors (Lipinski definition) is 3. The van der Waals surface area contributed by atoms with Crippen LogP contribution in [0.3, 0.4) is 0 Å². The molecule has 0 fully saturated rings. The van der Waals surface area contributed by atoms with E-state index in [2.05, 4.69) is 0 Å². The Morgan fingerprint density at radius 1 is 1.27 bits per heavy atom. The highest BCUT2D eigenvalue weighted by Gasteiger charge is 2.19. The molecule has 0 heterocycles. The zero-order valence-electron chi connectivity index (χ0n) is 13.3. The van der Waals surface area contributed by atoms with E-state index in [-0.39, 0.29) is 12.2 Å². The molecular formula is C18H26O4. The van der Waals surface area contributed by atoms with E-state index >= 15 is 0 Å². The van der Waals surface area contributed by atoms with Crippen LogP contribution in [-0.2, 0) is 9.59 Å². The Morgan fingerprint density at radius 2 is 2.05 bits per heavy atom. The molecule has 0 spiro atoms. The van der Waals surface area contributed by atoms with Crippen molar-refractivity contribution in [3.63, 3.8) is 0 Å². The van der Waals surface area contributed by atoms with Gasteiger partial charge in [-0.2, -0.15) is 0 Å². The number of carboxylic acid groups (broad SMARTS) is 1. The third kappa shape index (κ3) is 6.85. The van der Waals surface area contributed by atoms with Gasteiger partial charge in [-0.15, -0.1) is 0 Å². The lowest BCUT2D eigenvalue weighted by Gasteiger charge is -2.02. The number of allylic oxidation sites excluding steroid dienone is 4. The summed E-state index contributed by atoms with van der Waals surface area (Å²) < 4.78 is 0. The van der Waals surface area contributed by atoms with Gasteiger partial charge in [-0.25, -0.2) is 0 Å². The maximum absolute atomic E-state index is 11.7. The van der Waals surface area contributed by atoms with Crippen LogP contribution in [0.1, 0.15) is 58.3 Å². The van der Waals surface area contributed by atoms with Crippen molar-refractivity contribution in [1.29, 1.82) is 0 Å². The van der Waals surface area contributed by atoms with E-state index < -0.39 is 12.1 Å². The van der Waals surface area contributed by atoms with Crippen molar-refractivity contribution in [1.82, 2.24) is 0 Å². The van der Waals surface area contributed by atoms with Crippen molar-refractivity contribution >= 4 is 11.8 Å². The van der Waals surface area contributed by atoms with Crippen molar-refractivity contribution in [3.05, 3.63) is 35.5 Å². The molecule has 0 saturated heterocycles. The van der Waals surface area contributed by atoms with Gasteiger partial charge in [0.25, 0.3) is 0 Å². The summed E-state index contributed by atoms with van der Waals surface area (Å²) in [4.78, 5) is 22.1. The number of aliphatic carboxylic acids is 1. The minimum Gasteiger partial charge on any atom is -0.481 e. The molecule has 0 bridgehead atoms. The lowest BCUT2D eigenvalue weighted by Crippen LogP contribution is -2.01. The number of aliphatic hydroxyl groups excluding tert-OH is 1. The summed E-state index contributed by atoms with van der Waals surface area (Å²) in [5, 5.41) is 18.4. The predicted molar refractivity (Wildman–Crippen MR) is 86.6 cm³/mol. The predicted octanol–water partition coefficient (Wildman–Crippen LogP) is 3.56. The molecule has 0 aromatic rings. The molecule has 0 aromatic heterocycles. The van der Waals surface area contributed by atoms with Gasteiger partial charge < -0.3 is 10.2 Å². The SMILES string of the molecule is CCC1=C(/C=C/[C@H](O)C/C=C\CCCCC(=O)O)C(=O)CC1. The highest BCUT2D eigenvalue weighted by atomic mass is 16.4. The summed E-state index contributed by atoms with van der Waals surface area (Å²) in [6, 6.07) is 0. The molecule has 0 radical (unpaired) electrons. The molecule has 0 aromatic carbocycles. The molecule has 122 valence electrons. The van der Waals surface area contributed by atoms with Gasteiger partial charge in [0.2, 0.25) is 0 Å². The smallest absolute Gasteiger partial charge is 0.303 e. The first-order chi connectivity index (χ1) is 10.5. The van der Waals surface area contributed by atoms with Crippen LogP contribution in [0, 0.1) is 0 Å². The van der Waals surface area contributed by atoms with Crippen molar-refractivity contribution in [2.45, 2.75) is 64.4 Å². The molecule has 1 aliphatic carbocycles. The molecule has 4 heteroatoms. The molecule has 0 unspecified atom stereocenters. The number of Topliss-reactive ketones (excluding diaryl/α,β-unsaturated/α-hetero) is 1. The molecule has 1 aliphatic rings.